The molecule has 4 rings (SSSR count). The number of nitrogens with one attached hydrogen (secondary N) is 1. The highest BCUT2D eigenvalue weighted by Crippen LogP contribution is 2.24. The smallest absolute Gasteiger partial charge is 0.337 e. The Hall–Kier alpha value is -3.39. The minimum Gasteiger partial charge on any atom is -0.465 e. The second kappa shape index (κ2) is 15.2. The van der Waals surface area contributed by atoms with Gasteiger partial charge in [-0.2, -0.15) is 0 Å². The molecule has 1 aliphatic heterocycles. The topological polar surface area (TPSA) is 79.7 Å². The van der Waals surface area contributed by atoms with Gasteiger partial charge >= 0.3 is 5.97 Å². The fourth-order valence-electron chi connectivity index (χ4n) is 5.46. The fraction of sp³-hybridized carbons (Fsp3) is 0.559. The van der Waals surface area contributed by atoms with Crippen molar-refractivity contribution in [3.63, 3.8) is 0 Å². The number of hydrogen-bond acceptors (Lipinski definition) is 6. The lowest BCUT2D eigenvalue weighted by Gasteiger charge is -2.25. The second-order valence-electron chi connectivity index (χ2n) is 12.4. The Morgan fingerprint density at radius 3 is 2.19 bits per heavy atom. The Balaban J connectivity index is 1.57. The van der Waals surface area contributed by atoms with Gasteiger partial charge in [0.1, 0.15) is 0 Å². The van der Waals surface area contributed by atoms with Gasteiger partial charge in [-0.05, 0) is 99.5 Å². The van der Waals surface area contributed by atoms with Gasteiger partial charge in [-0.15, -0.1) is 0 Å². The summed E-state index contributed by atoms with van der Waals surface area (Å²) in [6, 6.07) is 13.4. The average molecular weight is 576 g/mol. The van der Waals surface area contributed by atoms with Crippen molar-refractivity contribution in [2.24, 2.45) is 11.8 Å². The molecule has 8 nitrogen and oxygen atoms in total. The molecule has 0 aliphatic carbocycles. The fourth-order valence-corrected chi connectivity index (χ4v) is 5.46. The number of aryl methyl sites for hydroxylation is 1. The van der Waals surface area contributed by atoms with E-state index in [1.54, 1.807) is 12.1 Å². The second-order valence-corrected chi connectivity index (χ2v) is 12.4. The van der Waals surface area contributed by atoms with E-state index >= 15 is 0 Å². The molecule has 42 heavy (non-hydrogen) atoms. The number of aromatic nitrogens is 2. The number of carbonyl (C=O) groups excluding carboxylic acids is 2. The summed E-state index contributed by atoms with van der Waals surface area (Å²) in [6.45, 7) is 15.2. The molecule has 1 fully saturated rings. The number of methoxy groups -OCH3 is 1. The first-order valence-corrected chi connectivity index (χ1v) is 15.7. The maximum absolute atomic E-state index is 13.8. The van der Waals surface area contributed by atoms with E-state index in [2.05, 4.69) is 42.5 Å². The SMILES string of the molecule is COC(=O)c1ccc(CNc2nc3ccc(C(=O)N(CCC(C)C)CCC(C)C)cc3n2CCCN2CCCC2)cc1. The van der Waals surface area contributed by atoms with Crippen molar-refractivity contribution in [1.82, 2.24) is 19.4 Å². The first-order chi connectivity index (χ1) is 20.2. The highest BCUT2D eigenvalue weighted by molar-refractivity contribution is 5.97. The number of carbonyl (C=O) groups is 2. The highest BCUT2D eigenvalue weighted by Gasteiger charge is 2.20. The number of ether oxygens (including phenoxy) is 1. The third-order valence-electron chi connectivity index (χ3n) is 8.12. The standard InChI is InChI=1S/C34H49N5O3/c1-25(2)15-21-38(22-16-26(3)4)32(40)29-13-14-30-31(23-29)39(20-8-19-37-17-6-7-18-37)34(36-30)35-24-27-9-11-28(12-10-27)33(41)42-5/h9-14,23,25-26H,6-8,15-22,24H2,1-5H3,(H,35,36). The molecule has 0 bridgehead atoms. The number of nitrogens with zero attached hydrogens (tertiary/aromatic N) is 4. The van der Waals surface area contributed by atoms with Crippen LogP contribution in [0.4, 0.5) is 5.95 Å². The Morgan fingerprint density at radius 1 is 0.929 bits per heavy atom. The van der Waals surface area contributed by atoms with E-state index in [-0.39, 0.29) is 11.9 Å². The molecule has 8 heteroatoms. The van der Waals surface area contributed by atoms with Crippen LogP contribution in [0.1, 0.15) is 86.1 Å². The first kappa shape index (κ1) is 31.5. The van der Waals surface area contributed by atoms with Gasteiger partial charge in [-0.1, -0.05) is 39.8 Å². The van der Waals surface area contributed by atoms with Crippen molar-refractivity contribution in [3.8, 4) is 0 Å². The van der Waals surface area contributed by atoms with Crippen LogP contribution in [0.2, 0.25) is 0 Å². The molecule has 1 N–H and O–H groups in total. The molecule has 228 valence electrons. The lowest BCUT2D eigenvalue weighted by atomic mass is 10.1. The molecule has 0 unspecified atom stereocenters. The van der Waals surface area contributed by atoms with Crippen LogP contribution in [-0.4, -0.2) is 71.1 Å². The predicted octanol–water partition coefficient (Wildman–Crippen LogP) is 6.46. The van der Waals surface area contributed by atoms with Gasteiger partial charge < -0.3 is 24.4 Å². The number of imidazole rings is 1. The van der Waals surface area contributed by atoms with Crippen molar-refractivity contribution in [2.45, 2.75) is 72.9 Å². The molecule has 1 amide bonds. The lowest BCUT2D eigenvalue weighted by molar-refractivity contribution is 0.0600. The number of rotatable bonds is 15. The molecule has 3 aromatic rings. The molecule has 2 aromatic carbocycles. The van der Waals surface area contributed by atoms with Crippen LogP contribution in [-0.2, 0) is 17.8 Å². The van der Waals surface area contributed by atoms with Crippen LogP contribution in [0.3, 0.4) is 0 Å². The van der Waals surface area contributed by atoms with E-state index < -0.39 is 0 Å². The van der Waals surface area contributed by atoms with E-state index in [1.807, 2.05) is 35.2 Å². The zero-order valence-electron chi connectivity index (χ0n) is 26.2. The molecule has 2 heterocycles. The summed E-state index contributed by atoms with van der Waals surface area (Å²) in [5, 5.41) is 3.52. The van der Waals surface area contributed by atoms with Gasteiger partial charge in [0, 0.05) is 31.7 Å². The molecule has 1 saturated heterocycles. The Morgan fingerprint density at radius 2 is 1.57 bits per heavy atom. The Kier molecular flexibility index (Phi) is 11.4. The van der Waals surface area contributed by atoms with Crippen LogP contribution in [0.15, 0.2) is 42.5 Å². The van der Waals surface area contributed by atoms with Gasteiger partial charge in [-0.25, -0.2) is 9.78 Å². The van der Waals surface area contributed by atoms with Gasteiger partial charge in [-0.3, -0.25) is 4.79 Å². The van der Waals surface area contributed by atoms with Gasteiger partial charge in [0.05, 0.1) is 23.7 Å². The number of anilines is 1. The Labute approximate surface area is 251 Å². The molecule has 0 atom stereocenters. The zero-order chi connectivity index (χ0) is 30.1. The van der Waals surface area contributed by atoms with Crippen molar-refractivity contribution in [2.75, 3.05) is 45.2 Å². The number of hydrogen-bond donors (Lipinski definition) is 1. The maximum Gasteiger partial charge on any atom is 0.337 e. The summed E-state index contributed by atoms with van der Waals surface area (Å²) in [7, 11) is 1.39. The molecule has 1 aliphatic rings. The molecule has 0 spiro atoms. The third-order valence-corrected chi connectivity index (χ3v) is 8.12. The van der Waals surface area contributed by atoms with Gasteiger partial charge in [0.25, 0.3) is 5.91 Å². The summed E-state index contributed by atoms with van der Waals surface area (Å²) < 4.78 is 7.05. The minimum atomic E-state index is -0.341. The van der Waals surface area contributed by atoms with E-state index in [0.29, 0.717) is 23.9 Å². The summed E-state index contributed by atoms with van der Waals surface area (Å²) in [4.78, 5) is 35.1. The van der Waals surface area contributed by atoms with Crippen molar-refractivity contribution >= 4 is 28.9 Å². The van der Waals surface area contributed by atoms with E-state index in [0.717, 1.165) is 73.6 Å². The summed E-state index contributed by atoms with van der Waals surface area (Å²) >= 11 is 0. The zero-order valence-corrected chi connectivity index (χ0v) is 26.2. The quantitative estimate of drug-likeness (QED) is 0.210. The van der Waals surface area contributed by atoms with Gasteiger partial charge in [0.2, 0.25) is 5.95 Å². The monoisotopic (exact) mass is 575 g/mol. The normalized spacial score (nSPS) is 13.8. The van der Waals surface area contributed by atoms with Gasteiger partial charge in [0.15, 0.2) is 0 Å². The summed E-state index contributed by atoms with van der Waals surface area (Å²) in [6.07, 6.45) is 5.57. The lowest BCUT2D eigenvalue weighted by Crippen LogP contribution is -2.34. The third kappa shape index (κ3) is 8.57. The van der Waals surface area contributed by atoms with Crippen LogP contribution in [0.25, 0.3) is 11.0 Å². The minimum absolute atomic E-state index is 0.100. The van der Waals surface area contributed by atoms with Crippen molar-refractivity contribution < 1.29 is 14.3 Å². The average Bonchev–Trinajstić information content (AvgIpc) is 3.63. The largest absolute Gasteiger partial charge is 0.465 e. The number of fused-ring (bicyclic) bond motifs is 1. The number of benzene rings is 2. The van der Waals surface area contributed by atoms with Crippen LogP contribution in [0.5, 0.6) is 0 Å². The number of amides is 1. The number of likely N-dealkylation sites (tertiary alicyclic amines) is 1. The maximum atomic E-state index is 13.8. The highest BCUT2D eigenvalue weighted by atomic mass is 16.5. The molecular formula is C34H49N5O3. The van der Waals surface area contributed by atoms with Crippen LogP contribution < -0.4 is 5.32 Å². The summed E-state index contributed by atoms with van der Waals surface area (Å²) in [5.41, 5.74) is 4.16. The molecular weight excluding hydrogens is 526 g/mol. The van der Waals surface area contributed by atoms with E-state index in [9.17, 15) is 9.59 Å². The first-order valence-electron chi connectivity index (χ1n) is 15.7. The predicted molar refractivity (Wildman–Crippen MR) is 170 cm³/mol. The summed E-state index contributed by atoms with van der Waals surface area (Å²) in [5.74, 6) is 1.65. The number of esters is 1. The van der Waals surface area contributed by atoms with E-state index in [1.165, 1.54) is 33.0 Å². The van der Waals surface area contributed by atoms with Crippen molar-refractivity contribution in [3.05, 3.63) is 59.2 Å². The molecule has 1 aromatic heterocycles. The van der Waals surface area contributed by atoms with Crippen LogP contribution in [0, 0.1) is 11.8 Å². The van der Waals surface area contributed by atoms with E-state index in [4.69, 9.17) is 9.72 Å². The van der Waals surface area contributed by atoms with Crippen molar-refractivity contribution in [1.29, 1.82) is 0 Å². The molecule has 0 radical (unpaired) electrons. The molecule has 0 saturated carbocycles. The Bertz CT molecular complexity index is 1300. The van der Waals surface area contributed by atoms with Crippen LogP contribution >= 0.6 is 0 Å².